The van der Waals surface area contributed by atoms with E-state index in [4.69, 9.17) is 5.11 Å². The molecule has 0 atom stereocenters. The molecular weight excluding hydrogens is 148 g/mol. The molecule has 0 aromatic rings. The Balaban J connectivity index is 2.34. The zero-order valence-electron chi connectivity index (χ0n) is 8.27. The molecule has 1 aliphatic rings. The van der Waals surface area contributed by atoms with Crippen molar-refractivity contribution in [3.8, 4) is 0 Å². The summed E-state index contributed by atoms with van der Waals surface area (Å²) in [5.41, 5.74) is 2.08. The molecule has 0 spiro atoms. The maximum Gasteiger partial charge on any atom is 0.0434 e. The third kappa shape index (κ3) is 2.98. The molecule has 1 rings (SSSR count). The quantitative estimate of drug-likeness (QED) is 0.642. The van der Waals surface area contributed by atoms with E-state index in [2.05, 4.69) is 19.9 Å². The van der Waals surface area contributed by atoms with Crippen LogP contribution in [0.4, 0.5) is 0 Å². The number of aliphatic hydroxyl groups is 1. The molecule has 0 saturated carbocycles. The second-order valence-electron chi connectivity index (χ2n) is 4.56. The van der Waals surface area contributed by atoms with Crippen molar-refractivity contribution in [3.63, 3.8) is 0 Å². The van der Waals surface area contributed by atoms with Gasteiger partial charge in [0.1, 0.15) is 0 Å². The lowest BCUT2D eigenvalue weighted by Crippen LogP contribution is -2.14. The van der Waals surface area contributed by atoms with Gasteiger partial charge in [0.2, 0.25) is 0 Å². The van der Waals surface area contributed by atoms with E-state index in [0.717, 1.165) is 12.8 Å². The van der Waals surface area contributed by atoms with Crippen LogP contribution in [-0.4, -0.2) is 11.7 Å². The van der Waals surface area contributed by atoms with Crippen molar-refractivity contribution in [2.45, 2.75) is 46.0 Å². The van der Waals surface area contributed by atoms with Crippen LogP contribution in [0.2, 0.25) is 0 Å². The summed E-state index contributed by atoms with van der Waals surface area (Å²) in [6.07, 6.45) is 8.18. The van der Waals surface area contributed by atoms with Gasteiger partial charge in [-0.15, -0.1) is 0 Å². The fourth-order valence-electron chi connectivity index (χ4n) is 1.66. The van der Waals surface area contributed by atoms with E-state index < -0.39 is 0 Å². The lowest BCUT2D eigenvalue weighted by molar-refractivity contribution is 0.283. The van der Waals surface area contributed by atoms with Crippen LogP contribution < -0.4 is 0 Å². The highest BCUT2D eigenvalue weighted by Gasteiger charge is 2.20. The van der Waals surface area contributed by atoms with Crippen molar-refractivity contribution in [3.05, 3.63) is 11.6 Å². The number of hydrogen-bond donors (Lipinski definition) is 1. The van der Waals surface area contributed by atoms with Gasteiger partial charge < -0.3 is 5.11 Å². The summed E-state index contributed by atoms with van der Waals surface area (Å²) in [6, 6.07) is 0. The van der Waals surface area contributed by atoms with Crippen molar-refractivity contribution >= 4 is 0 Å². The summed E-state index contributed by atoms with van der Waals surface area (Å²) in [5.74, 6) is 0. The van der Waals surface area contributed by atoms with E-state index >= 15 is 0 Å². The van der Waals surface area contributed by atoms with Gasteiger partial charge in [0.25, 0.3) is 0 Å². The van der Waals surface area contributed by atoms with Crippen molar-refractivity contribution in [1.29, 1.82) is 0 Å². The average Bonchev–Trinajstić information content (AvgIpc) is 2.03. The maximum absolute atomic E-state index is 8.67. The molecule has 1 heteroatoms. The molecule has 70 valence electrons. The largest absolute Gasteiger partial charge is 0.396 e. The van der Waals surface area contributed by atoms with Gasteiger partial charge in [0, 0.05) is 6.61 Å². The second-order valence-corrected chi connectivity index (χ2v) is 4.56. The molecule has 0 aliphatic heterocycles. The Bertz CT molecular complexity index is 168. The normalized spacial score (nSPS) is 22.1. The van der Waals surface area contributed by atoms with Crippen molar-refractivity contribution in [2.75, 3.05) is 6.61 Å². The summed E-state index contributed by atoms with van der Waals surface area (Å²) in [5, 5.41) is 8.67. The second kappa shape index (κ2) is 4.08. The van der Waals surface area contributed by atoms with Gasteiger partial charge in [-0.2, -0.15) is 0 Å². The number of hydrogen-bond acceptors (Lipinski definition) is 1. The molecule has 0 aromatic heterocycles. The van der Waals surface area contributed by atoms with Crippen LogP contribution in [0.5, 0.6) is 0 Å². The van der Waals surface area contributed by atoms with Crippen molar-refractivity contribution < 1.29 is 5.11 Å². The van der Waals surface area contributed by atoms with Crippen LogP contribution in [0.1, 0.15) is 46.0 Å². The van der Waals surface area contributed by atoms with Crippen LogP contribution in [-0.2, 0) is 0 Å². The molecule has 0 heterocycles. The van der Waals surface area contributed by atoms with Gasteiger partial charge in [-0.3, -0.25) is 0 Å². The first-order valence-electron chi connectivity index (χ1n) is 4.93. The lowest BCUT2D eigenvalue weighted by Gasteiger charge is -2.28. The fourth-order valence-corrected chi connectivity index (χ4v) is 1.66. The standard InChI is InChI=1S/C11H20O/c1-11(2)7-5-10(6-8-11)4-3-9-12/h5,12H,3-4,6-9H2,1-2H3. The molecule has 0 saturated heterocycles. The zero-order chi connectivity index (χ0) is 9.03. The minimum absolute atomic E-state index is 0.334. The van der Waals surface area contributed by atoms with Gasteiger partial charge in [-0.05, 0) is 37.5 Å². The Morgan fingerprint density at radius 3 is 2.75 bits per heavy atom. The molecule has 1 nitrogen and oxygen atoms in total. The third-order valence-electron chi connectivity index (χ3n) is 2.72. The predicted octanol–water partition coefficient (Wildman–Crippen LogP) is 2.90. The Labute approximate surface area is 75.5 Å². The van der Waals surface area contributed by atoms with Gasteiger partial charge in [-0.25, -0.2) is 0 Å². The molecule has 1 aliphatic carbocycles. The van der Waals surface area contributed by atoms with Gasteiger partial charge in [0.15, 0.2) is 0 Å². The SMILES string of the molecule is CC1(C)CC=C(CCCO)CC1. The highest BCUT2D eigenvalue weighted by molar-refractivity contribution is 5.08. The van der Waals surface area contributed by atoms with E-state index in [0.29, 0.717) is 12.0 Å². The number of rotatable bonds is 3. The number of aliphatic hydroxyl groups excluding tert-OH is 1. The summed E-state index contributed by atoms with van der Waals surface area (Å²) < 4.78 is 0. The lowest BCUT2D eigenvalue weighted by atomic mass is 9.77. The Morgan fingerprint density at radius 2 is 2.25 bits per heavy atom. The van der Waals surface area contributed by atoms with Crippen molar-refractivity contribution in [1.82, 2.24) is 0 Å². The topological polar surface area (TPSA) is 20.2 Å². The third-order valence-corrected chi connectivity index (χ3v) is 2.72. The summed E-state index contributed by atoms with van der Waals surface area (Å²) in [4.78, 5) is 0. The minimum atomic E-state index is 0.334. The van der Waals surface area contributed by atoms with Crippen LogP contribution in [0, 0.1) is 5.41 Å². The van der Waals surface area contributed by atoms with Crippen LogP contribution in [0.25, 0.3) is 0 Å². The van der Waals surface area contributed by atoms with E-state index in [1.807, 2.05) is 0 Å². The first-order chi connectivity index (χ1) is 5.64. The average molecular weight is 168 g/mol. The van der Waals surface area contributed by atoms with Crippen LogP contribution in [0.3, 0.4) is 0 Å². The van der Waals surface area contributed by atoms with E-state index in [1.54, 1.807) is 5.57 Å². The van der Waals surface area contributed by atoms with Gasteiger partial charge >= 0.3 is 0 Å². The molecule has 0 unspecified atom stereocenters. The highest BCUT2D eigenvalue weighted by atomic mass is 16.2. The van der Waals surface area contributed by atoms with Crippen LogP contribution in [0.15, 0.2) is 11.6 Å². The summed E-state index contributed by atoms with van der Waals surface area (Å²) in [7, 11) is 0. The molecule has 0 aromatic carbocycles. The molecular formula is C11H20O. The van der Waals surface area contributed by atoms with Crippen molar-refractivity contribution in [2.24, 2.45) is 5.41 Å². The molecule has 0 amide bonds. The summed E-state index contributed by atoms with van der Waals surface area (Å²) in [6.45, 7) is 4.99. The van der Waals surface area contributed by atoms with Gasteiger partial charge in [-0.1, -0.05) is 25.5 Å². The Hall–Kier alpha value is -0.300. The molecule has 0 radical (unpaired) electrons. The van der Waals surface area contributed by atoms with Gasteiger partial charge in [0.05, 0.1) is 0 Å². The first kappa shape index (κ1) is 9.79. The molecule has 12 heavy (non-hydrogen) atoms. The molecule has 0 bridgehead atoms. The number of allylic oxidation sites excluding steroid dienone is 2. The maximum atomic E-state index is 8.67. The summed E-state index contributed by atoms with van der Waals surface area (Å²) >= 11 is 0. The molecule has 1 N–H and O–H groups in total. The Kier molecular flexibility index (Phi) is 3.33. The highest BCUT2D eigenvalue weighted by Crippen LogP contribution is 2.35. The fraction of sp³-hybridized carbons (Fsp3) is 0.818. The van der Waals surface area contributed by atoms with E-state index in [9.17, 15) is 0 Å². The monoisotopic (exact) mass is 168 g/mol. The van der Waals surface area contributed by atoms with E-state index in [-0.39, 0.29) is 0 Å². The molecule has 0 fully saturated rings. The minimum Gasteiger partial charge on any atom is -0.396 e. The Morgan fingerprint density at radius 1 is 1.50 bits per heavy atom. The predicted molar refractivity (Wildman–Crippen MR) is 52.0 cm³/mol. The van der Waals surface area contributed by atoms with Crippen LogP contribution >= 0.6 is 0 Å². The zero-order valence-corrected chi connectivity index (χ0v) is 8.27. The smallest absolute Gasteiger partial charge is 0.0434 e. The van der Waals surface area contributed by atoms with E-state index in [1.165, 1.54) is 19.3 Å². The first-order valence-corrected chi connectivity index (χ1v) is 4.93.